The normalized spacial score (nSPS) is 20.8. The van der Waals surface area contributed by atoms with Gasteiger partial charge in [-0.2, -0.15) is 26.3 Å². The van der Waals surface area contributed by atoms with Crippen LogP contribution in [0, 0.1) is 0 Å². The van der Waals surface area contributed by atoms with Gasteiger partial charge in [0, 0.05) is 14.2 Å². The second kappa shape index (κ2) is 4.59. The zero-order chi connectivity index (χ0) is 14.1. The molecule has 0 rings (SSSR count). The third-order valence-electron chi connectivity index (χ3n) is 2.04. The molecular weight excluding hydrogens is 262 g/mol. The fourth-order valence-corrected chi connectivity index (χ4v) is 0.901. The fourth-order valence-electron chi connectivity index (χ4n) is 0.901. The summed E-state index contributed by atoms with van der Waals surface area (Å²) in [7, 11) is 0.694. The van der Waals surface area contributed by atoms with Gasteiger partial charge in [-0.1, -0.05) is 0 Å². The van der Waals surface area contributed by atoms with E-state index in [0.717, 1.165) is 0 Å². The third kappa shape index (κ3) is 3.21. The average Bonchev–Trinajstić information content (AvgIpc) is 2.13. The van der Waals surface area contributed by atoms with E-state index in [9.17, 15) is 26.3 Å². The Morgan fingerprint density at radius 3 is 1.12 bits per heavy atom. The monoisotopic (exact) mass is 272 g/mol. The standard InChI is InChI=1S/C7H10F6O4/c1-16-4(14,6(8,9)10)3-5(15,17-2)7(11,12)13/h14-15H,3H2,1-2H3. The maximum Gasteiger partial charge on any atom is 0.443 e. The molecule has 0 saturated heterocycles. The summed E-state index contributed by atoms with van der Waals surface area (Å²) in [6.07, 6.45) is -13.3. The molecule has 4 nitrogen and oxygen atoms in total. The van der Waals surface area contributed by atoms with E-state index in [0.29, 0.717) is 14.2 Å². The summed E-state index contributed by atoms with van der Waals surface area (Å²) in [5.41, 5.74) is 0. The molecule has 0 aliphatic heterocycles. The number of halogens is 6. The molecule has 2 N–H and O–H groups in total. The van der Waals surface area contributed by atoms with E-state index in [1.54, 1.807) is 0 Å². The molecule has 0 heterocycles. The summed E-state index contributed by atoms with van der Waals surface area (Å²) >= 11 is 0. The van der Waals surface area contributed by atoms with Gasteiger partial charge >= 0.3 is 12.4 Å². The predicted octanol–water partition coefficient (Wildman–Crippen LogP) is 1.17. The van der Waals surface area contributed by atoms with Crippen LogP contribution in [0.4, 0.5) is 26.3 Å². The van der Waals surface area contributed by atoms with E-state index in [1.807, 2.05) is 0 Å². The molecule has 0 aromatic heterocycles. The summed E-state index contributed by atoms with van der Waals surface area (Å²) in [5, 5.41) is 17.8. The van der Waals surface area contributed by atoms with Crippen LogP contribution in [-0.2, 0) is 9.47 Å². The lowest BCUT2D eigenvalue weighted by Crippen LogP contribution is -2.58. The van der Waals surface area contributed by atoms with E-state index < -0.39 is 30.3 Å². The van der Waals surface area contributed by atoms with Crippen molar-refractivity contribution in [3.63, 3.8) is 0 Å². The topological polar surface area (TPSA) is 58.9 Å². The van der Waals surface area contributed by atoms with E-state index >= 15 is 0 Å². The largest absolute Gasteiger partial charge is 0.443 e. The second-order valence-electron chi connectivity index (χ2n) is 3.15. The first-order valence-electron chi connectivity index (χ1n) is 4.01. The molecule has 104 valence electrons. The number of alkyl halides is 6. The summed E-state index contributed by atoms with van der Waals surface area (Å²) in [5.74, 6) is -8.35. The van der Waals surface area contributed by atoms with E-state index in [1.165, 1.54) is 0 Å². The van der Waals surface area contributed by atoms with E-state index in [-0.39, 0.29) is 0 Å². The first-order chi connectivity index (χ1) is 7.33. The van der Waals surface area contributed by atoms with Crippen LogP contribution in [0.2, 0.25) is 0 Å². The van der Waals surface area contributed by atoms with Crippen molar-refractivity contribution in [2.24, 2.45) is 0 Å². The molecule has 0 aliphatic rings. The Labute approximate surface area is 91.7 Å². The highest BCUT2D eigenvalue weighted by atomic mass is 19.4. The Morgan fingerprint density at radius 2 is 1.00 bits per heavy atom. The van der Waals surface area contributed by atoms with Gasteiger partial charge in [0.15, 0.2) is 0 Å². The molecule has 0 aromatic rings. The Morgan fingerprint density at radius 1 is 0.765 bits per heavy atom. The van der Waals surface area contributed by atoms with Crippen LogP contribution in [0.25, 0.3) is 0 Å². The molecule has 0 radical (unpaired) electrons. The first kappa shape index (κ1) is 16.4. The second-order valence-corrected chi connectivity index (χ2v) is 3.15. The lowest BCUT2D eigenvalue weighted by Gasteiger charge is -2.36. The van der Waals surface area contributed by atoms with Gasteiger partial charge in [-0.25, -0.2) is 0 Å². The van der Waals surface area contributed by atoms with E-state index in [2.05, 4.69) is 9.47 Å². The van der Waals surface area contributed by atoms with Gasteiger partial charge in [-0.15, -0.1) is 0 Å². The molecule has 0 bridgehead atoms. The number of rotatable bonds is 4. The summed E-state index contributed by atoms with van der Waals surface area (Å²) in [4.78, 5) is 0. The summed E-state index contributed by atoms with van der Waals surface area (Å²) < 4.78 is 80.7. The Bertz CT molecular complexity index is 238. The molecule has 2 atom stereocenters. The minimum Gasteiger partial charge on any atom is -0.358 e. The van der Waals surface area contributed by atoms with Gasteiger partial charge < -0.3 is 19.7 Å². The SMILES string of the molecule is COC(O)(CC(O)(OC)C(F)(F)F)C(F)(F)F. The number of ether oxygens (including phenoxy) is 2. The lowest BCUT2D eigenvalue weighted by atomic mass is 10.0. The fraction of sp³-hybridized carbons (Fsp3) is 1.00. The molecule has 2 unspecified atom stereocenters. The van der Waals surface area contributed by atoms with Crippen LogP contribution >= 0.6 is 0 Å². The van der Waals surface area contributed by atoms with Crippen molar-refractivity contribution in [1.29, 1.82) is 0 Å². The molecule has 0 saturated carbocycles. The van der Waals surface area contributed by atoms with Crippen molar-refractivity contribution >= 4 is 0 Å². The molecule has 0 amide bonds. The van der Waals surface area contributed by atoms with Gasteiger partial charge in [0.05, 0.1) is 6.42 Å². The van der Waals surface area contributed by atoms with Crippen LogP contribution in [0.15, 0.2) is 0 Å². The van der Waals surface area contributed by atoms with E-state index in [4.69, 9.17) is 10.2 Å². The first-order valence-corrected chi connectivity index (χ1v) is 4.01. The smallest absolute Gasteiger partial charge is 0.358 e. The highest BCUT2D eigenvalue weighted by molar-refractivity contribution is 4.88. The van der Waals surface area contributed by atoms with Crippen LogP contribution in [0.1, 0.15) is 6.42 Å². The van der Waals surface area contributed by atoms with Crippen molar-refractivity contribution in [2.75, 3.05) is 14.2 Å². The molecule has 0 aromatic carbocycles. The zero-order valence-electron chi connectivity index (χ0n) is 8.69. The highest BCUT2D eigenvalue weighted by Crippen LogP contribution is 2.43. The predicted molar refractivity (Wildman–Crippen MR) is 40.6 cm³/mol. The van der Waals surface area contributed by atoms with Crippen molar-refractivity contribution in [1.82, 2.24) is 0 Å². The number of methoxy groups -OCH3 is 2. The molecule has 0 spiro atoms. The Kier molecular flexibility index (Phi) is 4.44. The Hall–Kier alpha value is -0.580. The molecule has 0 fully saturated rings. The maximum absolute atomic E-state index is 12.3. The van der Waals surface area contributed by atoms with Crippen LogP contribution < -0.4 is 0 Å². The van der Waals surface area contributed by atoms with Crippen molar-refractivity contribution in [3.05, 3.63) is 0 Å². The lowest BCUT2D eigenvalue weighted by molar-refractivity contribution is -0.423. The van der Waals surface area contributed by atoms with Gasteiger partial charge in [0.25, 0.3) is 11.6 Å². The number of hydrogen-bond acceptors (Lipinski definition) is 4. The van der Waals surface area contributed by atoms with Crippen molar-refractivity contribution in [3.8, 4) is 0 Å². The number of aliphatic hydroxyl groups is 2. The minimum absolute atomic E-state index is 0.347. The number of hydrogen-bond donors (Lipinski definition) is 2. The van der Waals surface area contributed by atoms with Crippen molar-refractivity contribution < 1.29 is 46.0 Å². The van der Waals surface area contributed by atoms with Crippen LogP contribution in [0.5, 0.6) is 0 Å². The van der Waals surface area contributed by atoms with Gasteiger partial charge in [0.1, 0.15) is 0 Å². The van der Waals surface area contributed by atoms with Gasteiger partial charge in [-0.05, 0) is 0 Å². The summed E-state index contributed by atoms with van der Waals surface area (Å²) in [6, 6.07) is 0. The zero-order valence-corrected chi connectivity index (χ0v) is 8.69. The van der Waals surface area contributed by atoms with Crippen LogP contribution in [-0.4, -0.2) is 48.4 Å². The highest BCUT2D eigenvalue weighted by Gasteiger charge is 2.65. The van der Waals surface area contributed by atoms with Gasteiger partial charge in [0.2, 0.25) is 0 Å². The quantitative estimate of drug-likeness (QED) is 0.596. The maximum atomic E-state index is 12.3. The molecule has 10 heteroatoms. The van der Waals surface area contributed by atoms with Crippen molar-refractivity contribution in [2.45, 2.75) is 30.3 Å². The molecular formula is C7H10F6O4. The molecule has 17 heavy (non-hydrogen) atoms. The summed E-state index contributed by atoms with van der Waals surface area (Å²) in [6.45, 7) is 0. The minimum atomic E-state index is -5.53. The van der Waals surface area contributed by atoms with Gasteiger partial charge in [-0.3, -0.25) is 0 Å². The average molecular weight is 272 g/mol. The van der Waals surface area contributed by atoms with Crippen LogP contribution in [0.3, 0.4) is 0 Å². The molecule has 0 aliphatic carbocycles. The Balaban J connectivity index is 5.27. The third-order valence-corrected chi connectivity index (χ3v) is 2.04.